The first kappa shape index (κ1) is 16.9. The number of aryl methyl sites for hydroxylation is 1. The van der Waals surface area contributed by atoms with Crippen molar-refractivity contribution in [3.8, 4) is 0 Å². The third-order valence-electron chi connectivity index (χ3n) is 3.51. The molecule has 120 valence electrons. The van der Waals surface area contributed by atoms with Gasteiger partial charge in [-0.25, -0.2) is 25.9 Å². The molecule has 9 heteroatoms. The zero-order valence-electron chi connectivity index (χ0n) is 12.1. The third-order valence-corrected chi connectivity index (χ3v) is 8.41. The molecule has 2 rings (SSSR count). The van der Waals surface area contributed by atoms with Gasteiger partial charge in [-0.1, -0.05) is 0 Å². The molecule has 0 unspecified atom stereocenters. The average Bonchev–Trinajstić information content (AvgIpc) is 2.86. The van der Waals surface area contributed by atoms with E-state index in [-0.39, 0.29) is 11.8 Å². The number of sulfonamides is 2. The Morgan fingerprint density at radius 1 is 1.24 bits per heavy atom. The van der Waals surface area contributed by atoms with Crippen LogP contribution in [-0.2, 0) is 20.0 Å². The summed E-state index contributed by atoms with van der Waals surface area (Å²) in [5.74, 6) is 0.0812. The maximum absolute atomic E-state index is 12.2. The minimum atomic E-state index is -3.50. The summed E-state index contributed by atoms with van der Waals surface area (Å²) >= 11 is 1.23. The van der Waals surface area contributed by atoms with E-state index in [0.717, 1.165) is 4.88 Å². The average molecular weight is 353 g/mol. The molecule has 0 amide bonds. The van der Waals surface area contributed by atoms with Gasteiger partial charge in [-0.05, 0) is 38.8 Å². The molecule has 21 heavy (non-hydrogen) atoms. The Morgan fingerprint density at radius 3 is 2.33 bits per heavy atom. The summed E-state index contributed by atoms with van der Waals surface area (Å²) in [5.41, 5.74) is 0. The molecule has 1 aliphatic rings. The first-order chi connectivity index (χ1) is 9.74. The second-order valence-electron chi connectivity index (χ2n) is 5.06. The van der Waals surface area contributed by atoms with Gasteiger partial charge in [0.2, 0.25) is 20.0 Å². The van der Waals surface area contributed by atoms with Gasteiger partial charge in [0.1, 0.15) is 4.21 Å². The first-order valence-corrected chi connectivity index (χ1v) is 10.7. The summed E-state index contributed by atoms with van der Waals surface area (Å²) in [6.07, 6.45) is 1.01. The van der Waals surface area contributed by atoms with Crippen LogP contribution in [0.2, 0.25) is 0 Å². The summed E-state index contributed by atoms with van der Waals surface area (Å²) in [6.45, 7) is 4.21. The fourth-order valence-electron chi connectivity index (χ4n) is 2.27. The van der Waals surface area contributed by atoms with Gasteiger partial charge in [0, 0.05) is 24.0 Å². The van der Waals surface area contributed by atoms with Crippen LogP contribution < -0.4 is 4.72 Å². The number of piperidine rings is 1. The molecule has 0 bridgehead atoms. The number of nitrogens with zero attached hydrogens (tertiary/aromatic N) is 1. The molecule has 1 fully saturated rings. The quantitative estimate of drug-likeness (QED) is 0.861. The van der Waals surface area contributed by atoms with Gasteiger partial charge in [0.25, 0.3) is 0 Å². The van der Waals surface area contributed by atoms with Crippen LogP contribution in [0.15, 0.2) is 16.3 Å². The third kappa shape index (κ3) is 4.04. The van der Waals surface area contributed by atoms with Crippen molar-refractivity contribution in [3.63, 3.8) is 0 Å². The summed E-state index contributed by atoms with van der Waals surface area (Å²) in [7, 11) is -6.68. The molecular formula is C12H20N2O4S3. The lowest BCUT2D eigenvalue weighted by molar-refractivity contribution is 0.309. The van der Waals surface area contributed by atoms with E-state index in [1.807, 2.05) is 6.92 Å². The number of hydrogen-bond acceptors (Lipinski definition) is 5. The van der Waals surface area contributed by atoms with Crippen LogP contribution >= 0.6 is 11.3 Å². The maximum atomic E-state index is 12.2. The molecule has 1 aromatic rings. The summed E-state index contributed by atoms with van der Waals surface area (Å²) in [4.78, 5) is 0.944. The second-order valence-corrected chi connectivity index (χ2v) is 10.5. The van der Waals surface area contributed by atoms with E-state index in [4.69, 9.17) is 0 Å². The number of nitrogens with one attached hydrogen (secondary N) is 1. The lowest BCUT2D eigenvalue weighted by Crippen LogP contribution is -2.46. The molecule has 0 saturated carbocycles. The Balaban J connectivity index is 1.98. The number of rotatable bonds is 5. The van der Waals surface area contributed by atoms with Crippen LogP contribution in [0.3, 0.4) is 0 Å². The predicted octanol–water partition coefficient (Wildman–Crippen LogP) is 1.15. The van der Waals surface area contributed by atoms with Gasteiger partial charge in [-0.2, -0.15) is 0 Å². The standard InChI is InChI=1S/C12H20N2O4S3/c1-3-20(15,16)14-8-6-11(7-9-14)13-21(17,18)12-5-4-10(2)19-12/h4-5,11,13H,3,6-9H2,1-2H3. The Hall–Kier alpha value is -0.480. The Kier molecular flexibility index (Phi) is 5.09. The monoisotopic (exact) mass is 352 g/mol. The van der Waals surface area contributed by atoms with Crippen LogP contribution in [0.1, 0.15) is 24.6 Å². The van der Waals surface area contributed by atoms with Crippen molar-refractivity contribution in [1.82, 2.24) is 9.03 Å². The highest BCUT2D eigenvalue weighted by atomic mass is 32.2. The van der Waals surface area contributed by atoms with Gasteiger partial charge in [-0.15, -0.1) is 11.3 Å². The Morgan fingerprint density at radius 2 is 1.86 bits per heavy atom. The van der Waals surface area contributed by atoms with Crippen molar-refractivity contribution in [3.05, 3.63) is 17.0 Å². The smallest absolute Gasteiger partial charge is 0.212 e. The zero-order valence-corrected chi connectivity index (χ0v) is 14.5. The fraction of sp³-hybridized carbons (Fsp3) is 0.667. The Bertz CT molecular complexity index is 686. The number of thiophene rings is 1. The lowest BCUT2D eigenvalue weighted by Gasteiger charge is -2.31. The highest BCUT2D eigenvalue weighted by Crippen LogP contribution is 2.22. The summed E-state index contributed by atoms with van der Waals surface area (Å²) in [5, 5.41) is 0. The van der Waals surface area contributed by atoms with Crippen molar-refractivity contribution in [2.24, 2.45) is 0 Å². The van der Waals surface area contributed by atoms with Gasteiger partial charge >= 0.3 is 0 Å². The molecule has 1 aliphatic heterocycles. The van der Waals surface area contributed by atoms with E-state index in [1.165, 1.54) is 15.6 Å². The van der Waals surface area contributed by atoms with Gasteiger partial charge in [0.15, 0.2) is 0 Å². The van der Waals surface area contributed by atoms with Crippen molar-refractivity contribution >= 4 is 31.4 Å². The molecule has 2 heterocycles. The van der Waals surface area contributed by atoms with E-state index in [0.29, 0.717) is 30.1 Å². The zero-order chi connectivity index (χ0) is 15.7. The van der Waals surface area contributed by atoms with Crippen LogP contribution in [0, 0.1) is 6.92 Å². The molecule has 1 saturated heterocycles. The molecule has 1 aromatic heterocycles. The molecule has 0 spiro atoms. The largest absolute Gasteiger partial charge is 0.250 e. The molecule has 1 N–H and O–H groups in total. The first-order valence-electron chi connectivity index (χ1n) is 6.81. The minimum Gasteiger partial charge on any atom is -0.212 e. The van der Waals surface area contributed by atoms with Crippen molar-refractivity contribution in [1.29, 1.82) is 0 Å². The molecule has 0 atom stereocenters. The van der Waals surface area contributed by atoms with Crippen molar-refractivity contribution in [2.75, 3.05) is 18.8 Å². The molecule has 0 aliphatic carbocycles. The normalized spacial score (nSPS) is 19.0. The molecule has 0 radical (unpaired) electrons. The van der Waals surface area contributed by atoms with Crippen molar-refractivity contribution in [2.45, 2.75) is 36.9 Å². The van der Waals surface area contributed by atoms with E-state index in [9.17, 15) is 16.8 Å². The van der Waals surface area contributed by atoms with Gasteiger partial charge < -0.3 is 0 Å². The lowest BCUT2D eigenvalue weighted by atomic mass is 10.1. The summed E-state index contributed by atoms with van der Waals surface area (Å²) in [6, 6.07) is 3.16. The van der Waals surface area contributed by atoms with E-state index in [2.05, 4.69) is 4.72 Å². The summed E-state index contributed by atoms with van der Waals surface area (Å²) < 4.78 is 52.4. The highest BCUT2D eigenvalue weighted by molar-refractivity contribution is 7.91. The maximum Gasteiger partial charge on any atom is 0.250 e. The predicted molar refractivity (Wildman–Crippen MR) is 83.4 cm³/mol. The van der Waals surface area contributed by atoms with Gasteiger partial charge in [-0.3, -0.25) is 0 Å². The van der Waals surface area contributed by atoms with Crippen LogP contribution in [0.5, 0.6) is 0 Å². The van der Waals surface area contributed by atoms with Gasteiger partial charge in [0.05, 0.1) is 5.75 Å². The molecule has 6 nitrogen and oxygen atoms in total. The van der Waals surface area contributed by atoms with Crippen LogP contribution in [-0.4, -0.2) is 46.0 Å². The molecular weight excluding hydrogens is 332 g/mol. The highest BCUT2D eigenvalue weighted by Gasteiger charge is 2.29. The van der Waals surface area contributed by atoms with E-state index in [1.54, 1.807) is 19.1 Å². The second kappa shape index (κ2) is 6.33. The minimum absolute atomic E-state index is 0.0812. The van der Waals surface area contributed by atoms with Crippen molar-refractivity contribution < 1.29 is 16.8 Å². The molecule has 0 aromatic carbocycles. The Labute approximate surface area is 130 Å². The van der Waals surface area contributed by atoms with Crippen LogP contribution in [0.4, 0.5) is 0 Å². The number of hydrogen-bond donors (Lipinski definition) is 1. The SMILES string of the molecule is CCS(=O)(=O)N1CCC(NS(=O)(=O)c2ccc(C)s2)CC1. The topological polar surface area (TPSA) is 83.6 Å². The van der Waals surface area contributed by atoms with E-state index < -0.39 is 20.0 Å². The fourth-order valence-corrected chi connectivity index (χ4v) is 6.01. The van der Waals surface area contributed by atoms with E-state index >= 15 is 0 Å². The van der Waals surface area contributed by atoms with Crippen LogP contribution in [0.25, 0.3) is 0 Å².